The number of benzene rings is 3. The molecule has 1 aromatic heterocycles. The highest BCUT2D eigenvalue weighted by Gasteiger charge is 2.40. The summed E-state index contributed by atoms with van der Waals surface area (Å²) >= 11 is 0. The van der Waals surface area contributed by atoms with Crippen LogP contribution in [0, 0.1) is 0 Å². The van der Waals surface area contributed by atoms with Crippen LogP contribution in [0.4, 0.5) is 4.79 Å². The molecule has 0 saturated heterocycles. The van der Waals surface area contributed by atoms with Gasteiger partial charge in [0.05, 0.1) is 6.61 Å². The van der Waals surface area contributed by atoms with Crippen molar-refractivity contribution in [3.05, 3.63) is 120 Å². The van der Waals surface area contributed by atoms with Crippen molar-refractivity contribution >= 4 is 12.1 Å². The zero-order valence-corrected chi connectivity index (χ0v) is 22.7. The maximum atomic E-state index is 12.8. The van der Waals surface area contributed by atoms with Crippen molar-refractivity contribution in [1.29, 1.82) is 0 Å². The molecule has 0 aliphatic heterocycles. The summed E-state index contributed by atoms with van der Waals surface area (Å²) < 4.78 is 12.4. The fraction of sp³-hybridized carbons (Fsp3) is 0.290. The summed E-state index contributed by atoms with van der Waals surface area (Å²) in [7, 11) is 0. The average molecular weight is 527 g/mol. The van der Waals surface area contributed by atoms with Crippen LogP contribution < -0.4 is 5.32 Å². The molecule has 3 aromatic carbocycles. The van der Waals surface area contributed by atoms with Gasteiger partial charge in [-0.1, -0.05) is 91.0 Å². The predicted molar refractivity (Wildman–Crippen MR) is 148 cm³/mol. The van der Waals surface area contributed by atoms with Crippen molar-refractivity contribution in [2.45, 2.75) is 51.3 Å². The van der Waals surface area contributed by atoms with Crippen molar-refractivity contribution in [3.8, 4) is 0 Å². The Balaban J connectivity index is 1.79. The number of ether oxygens (including phenoxy) is 2. The summed E-state index contributed by atoms with van der Waals surface area (Å²) in [6.07, 6.45) is 0.976. The first kappa shape index (κ1) is 27.6. The minimum Gasteiger partial charge on any atom is -0.464 e. The highest BCUT2D eigenvalue weighted by atomic mass is 16.6. The maximum Gasteiger partial charge on any atom is 0.408 e. The fourth-order valence-electron chi connectivity index (χ4n) is 4.56. The number of amides is 1. The van der Waals surface area contributed by atoms with E-state index in [4.69, 9.17) is 14.6 Å². The first-order chi connectivity index (χ1) is 18.7. The van der Waals surface area contributed by atoms with Crippen LogP contribution in [0.2, 0.25) is 0 Å². The SMILES string of the molecule is CCOC(=O)C(Cc1ncn(C(c2ccccc2)(c2ccccc2)c2ccccc2)n1)NC(=O)OC(C)(C)C. The second kappa shape index (κ2) is 11.9. The van der Waals surface area contributed by atoms with Crippen molar-refractivity contribution in [3.63, 3.8) is 0 Å². The van der Waals surface area contributed by atoms with Crippen molar-refractivity contribution in [1.82, 2.24) is 20.1 Å². The molecular weight excluding hydrogens is 492 g/mol. The van der Waals surface area contributed by atoms with E-state index in [2.05, 4.69) is 46.7 Å². The van der Waals surface area contributed by atoms with Gasteiger partial charge in [0, 0.05) is 6.42 Å². The third-order valence-corrected chi connectivity index (χ3v) is 6.11. The molecule has 0 radical (unpaired) electrons. The lowest BCUT2D eigenvalue weighted by Gasteiger charge is -2.35. The molecule has 1 atom stereocenters. The Bertz CT molecular complexity index is 1270. The number of nitrogens with one attached hydrogen (secondary N) is 1. The van der Waals surface area contributed by atoms with Crippen LogP contribution in [0.15, 0.2) is 97.3 Å². The molecule has 8 heteroatoms. The van der Waals surface area contributed by atoms with E-state index in [0.29, 0.717) is 5.82 Å². The molecule has 8 nitrogen and oxygen atoms in total. The molecule has 4 aromatic rings. The van der Waals surface area contributed by atoms with E-state index in [1.165, 1.54) is 0 Å². The molecule has 4 rings (SSSR count). The third kappa shape index (κ3) is 6.34. The molecule has 0 aliphatic carbocycles. The number of aromatic nitrogens is 3. The van der Waals surface area contributed by atoms with Gasteiger partial charge in [0.25, 0.3) is 0 Å². The molecule has 1 amide bonds. The van der Waals surface area contributed by atoms with Gasteiger partial charge in [-0.2, -0.15) is 5.10 Å². The highest BCUT2D eigenvalue weighted by Crippen LogP contribution is 2.40. The third-order valence-electron chi connectivity index (χ3n) is 6.11. The van der Waals surface area contributed by atoms with Gasteiger partial charge in [0.2, 0.25) is 0 Å². The molecule has 0 spiro atoms. The van der Waals surface area contributed by atoms with Gasteiger partial charge in [0.1, 0.15) is 23.5 Å². The lowest BCUT2D eigenvalue weighted by Crippen LogP contribution is -2.45. The molecule has 0 bridgehead atoms. The van der Waals surface area contributed by atoms with Gasteiger partial charge in [-0.25, -0.2) is 19.3 Å². The summed E-state index contributed by atoms with van der Waals surface area (Å²) in [6, 6.07) is 29.3. The number of esters is 1. The van der Waals surface area contributed by atoms with Crippen LogP contribution in [0.5, 0.6) is 0 Å². The first-order valence-electron chi connectivity index (χ1n) is 13.0. The van der Waals surface area contributed by atoms with E-state index in [-0.39, 0.29) is 13.0 Å². The molecule has 0 fully saturated rings. The molecule has 0 aliphatic rings. The molecule has 202 valence electrons. The van der Waals surface area contributed by atoms with Gasteiger partial charge in [-0.3, -0.25) is 0 Å². The number of nitrogens with zero attached hydrogens (tertiary/aromatic N) is 3. The highest BCUT2D eigenvalue weighted by molar-refractivity contribution is 5.81. The number of carbonyl (C=O) groups excluding carboxylic acids is 2. The Morgan fingerprint density at radius 3 is 1.77 bits per heavy atom. The van der Waals surface area contributed by atoms with Crippen LogP contribution in [0.1, 0.15) is 50.2 Å². The predicted octanol–water partition coefficient (Wildman–Crippen LogP) is 5.12. The monoisotopic (exact) mass is 526 g/mol. The maximum absolute atomic E-state index is 12.8. The second-order valence-corrected chi connectivity index (χ2v) is 10.1. The molecule has 1 unspecified atom stereocenters. The van der Waals surface area contributed by atoms with E-state index in [1.54, 1.807) is 34.0 Å². The zero-order chi connectivity index (χ0) is 27.9. The number of alkyl carbamates (subject to hydrolysis) is 1. The van der Waals surface area contributed by atoms with Gasteiger partial charge in [0.15, 0.2) is 5.82 Å². The van der Waals surface area contributed by atoms with E-state index in [1.807, 2.05) is 59.3 Å². The van der Waals surface area contributed by atoms with Crippen LogP contribution >= 0.6 is 0 Å². The number of carbonyl (C=O) groups is 2. The average Bonchev–Trinajstić information content (AvgIpc) is 3.38. The van der Waals surface area contributed by atoms with Crippen LogP contribution in [-0.2, 0) is 26.2 Å². The molecule has 0 saturated carbocycles. The van der Waals surface area contributed by atoms with Crippen molar-refractivity contribution in [2.24, 2.45) is 0 Å². The summed E-state index contributed by atoms with van der Waals surface area (Å²) in [5.41, 5.74) is 1.42. The van der Waals surface area contributed by atoms with E-state index in [0.717, 1.165) is 16.7 Å². The van der Waals surface area contributed by atoms with E-state index < -0.39 is 29.2 Å². The Morgan fingerprint density at radius 1 is 0.846 bits per heavy atom. The molecule has 1 N–H and O–H groups in total. The Hall–Kier alpha value is -4.46. The smallest absolute Gasteiger partial charge is 0.408 e. The minimum absolute atomic E-state index is 0.0273. The Kier molecular flexibility index (Phi) is 8.44. The second-order valence-electron chi connectivity index (χ2n) is 10.1. The molecular formula is C31H34N4O4. The molecule has 39 heavy (non-hydrogen) atoms. The lowest BCUT2D eigenvalue weighted by atomic mass is 9.77. The number of hydrogen-bond donors (Lipinski definition) is 1. The van der Waals surface area contributed by atoms with Gasteiger partial charge in [-0.05, 0) is 44.4 Å². The van der Waals surface area contributed by atoms with Gasteiger partial charge >= 0.3 is 12.1 Å². The summed E-state index contributed by atoms with van der Waals surface area (Å²) in [4.78, 5) is 29.8. The van der Waals surface area contributed by atoms with Crippen LogP contribution in [0.3, 0.4) is 0 Å². The van der Waals surface area contributed by atoms with E-state index in [9.17, 15) is 9.59 Å². The topological polar surface area (TPSA) is 95.3 Å². The number of rotatable bonds is 9. The first-order valence-corrected chi connectivity index (χ1v) is 13.0. The largest absolute Gasteiger partial charge is 0.464 e. The summed E-state index contributed by atoms with van der Waals surface area (Å²) in [6.45, 7) is 7.15. The Morgan fingerprint density at radius 2 is 1.33 bits per heavy atom. The Labute approximate surface area is 229 Å². The standard InChI is InChI=1S/C31H34N4O4/c1-5-38-28(36)26(33-29(37)39-30(2,3)4)21-27-32-22-35(34-27)31(23-15-9-6-10-16-23,24-17-11-7-12-18-24)25-19-13-8-14-20-25/h6-20,22,26H,5,21H2,1-4H3,(H,33,37). The zero-order valence-electron chi connectivity index (χ0n) is 22.7. The molecule has 1 heterocycles. The van der Waals surface area contributed by atoms with Crippen molar-refractivity contribution < 1.29 is 19.1 Å². The minimum atomic E-state index is -1.02. The van der Waals surface area contributed by atoms with Crippen LogP contribution in [-0.4, -0.2) is 45.1 Å². The van der Waals surface area contributed by atoms with Gasteiger partial charge in [-0.15, -0.1) is 0 Å². The van der Waals surface area contributed by atoms with E-state index >= 15 is 0 Å². The summed E-state index contributed by atoms with van der Waals surface area (Å²) in [5.74, 6) is -0.212. The number of hydrogen-bond acceptors (Lipinski definition) is 6. The normalized spacial score (nSPS) is 12.4. The summed E-state index contributed by atoms with van der Waals surface area (Å²) in [5, 5.41) is 7.51. The van der Waals surface area contributed by atoms with Crippen molar-refractivity contribution in [2.75, 3.05) is 6.61 Å². The lowest BCUT2D eigenvalue weighted by molar-refractivity contribution is -0.145. The van der Waals surface area contributed by atoms with Crippen LogP contribution in [0.25, 0.3) is 0 Å². The fourth-order valence-corrected chi connectivity index (χ4v) is 4.56. The van der Waals surface area contributed by atoms with Gasteiger partial charge < -0.3 is 14.8 Å². The quantitative estimate of drug-likeness (QED) is 0.240.